The third-order valence-electron chi connectivity index (χ3n) is 3.03. The van der Waals surface area contributed by atoms with Crippen molar-refractivity contribution in [3.63, 3.8) is 0 Å². The number of hydrogen-bond acceptors (Lipinski definition) is 0. The van der Waals surface area contributed by atoms with E-state index >= 15 is 0 Å². The van der Waals surface area contributed by atoms with E-state index in [0.29, 0.717) is 5.92 Å². The van der Waals surface area contributed by atoms with Crippen LogP contribution in [0.25, 0.3) is 0 Å². The predicted octanol–water partition coefficient (Wildman–Crippen LogP) is 3.21. The summed E-state index contributed by atoms with van der Waals surface area (Å²) in [7, 11) is 0. The molecule has 13 heavy (non-hydrogen) atoms. The highest BCUT2D eigenvalue weighted by molar-refractivity contribution is 5.49. The van der Waals surface area contributed by atoms with Crippen molar-refractivity contribution >= 4 is 0 Å². The van der Waals surface area contributed by atoms with Gasteiger partial charge >= 0.3 is 0 Å². The summed E-state index contributed by atoms with van der Waals surface area (Å²) in [6, 6.07) is 8.80. The Bertz CT molecular complexity index is 396. The van der Waals surface area contributed by atoms with E-state index in [1.54, 1.807) is 5.57 Å². The lowest BCUT2D eigenvalue weighted by Crippen LogP contribution is -1.95. The molecule has 0 spiro atoms. The molecule has 3 rings (SSSR count). The largest absolute Gasteiger partial charge is 0.0838 e. The summed E-state index contributed by atoms with van der Waals surface area (Å²) in [6.07, 6.45) is 9.30. The first kappa shape index (κ1) is 7.14. The van der Waals surface area contributed by atoms with Gasteiger partial charge in [0.2, 0.25) is 0 Å². The maximum atomic E-state index is 2.38. The summed E-state index contributed by atoms with van der Waals surface area (Å²) >= 11 is 0. The molecular formula is C13H12. The Labute approximate surface area is 78.6 Å². The summed E-state index contributed by atoms with van der Waals surface area (Å²) in [5.74, 6) is 0.602. The Hall–Kier alpha value is -1.30. The Kier molecular flexibility index (Phi) is 1.42. The van der Waals surface area contributed by atoms with Crippen molar-refractivity contribution < 1.29 is 0 Å². The topological polar surface area (TPSA) is 0 Å². The summed E-state index contributed by atoms with van der Waals surface area (Å²) < 4.78 is 0. The first-order chi connectivity index (χ1) is 6.45. The molecule has 2 aliphatic carbocycles. The van der Waals surface area contributed by atoms with Crippen molar-refractivity contribution in [1.82, 2.24) is 0 Å². The SMILES string of the molecule is C1=CC2C(=CC1)Cc1ccccc12. The molecule has 64 valence electrons. The number of allylic oxidation sites excluding steroid dienone is 4. The van der Waals surface area contributed by atoms with Gasteiger partial charge in [-0.2, -0.15) is 0 Å². The molecule has 1 aromatic carbocycles. The standard InChI is InChI=1S/C13H12/c1-3-7-12-10(5-1)9-11-6-2-4-8-13(11)12/h1,3-8,13H,2,9H2. The third-order valence-corrected chi connectivity index (χ3v) is 3.03. The molecule has 0 heteroatoms. The first-order valence-electron chi connectivity index (χ1n) is 4.88. The van der Waals surface area contributed by atoms with Gasteiger partial charge < -0.3 is 0 Å². The summed E-state index contributed by atoms with van der Waals surface area (Å²) in [5.41, 5.74) is 4.64. The van der Waals surface area contributed by atoms with Crippen LogP contribution >= 0.6 is 0 Å². The van der Waals surface area contributed by atoms with Crippen LogP contribution in [0.2, 0.25) is 0 Å². The second-order valence-electron chi connectivity index (χ2n) is 3.80. The molecule has 1 unspecified atom stereocenters. The van der Waals surface area contributed by atoms with Crippen LogP contribution < -0.4 is 0 Å². The molecule has 1 atom stereocenters. The minimum Gasteiger partial charge on any atom is -0.0838 e. The van der Waals surface area contributed by atoms with Gasteiger partial charge in [-0.3, -0.25) is 0 Å². The molecule has 0 N–H and O–H groups in total. The number of benzene rings is 1. The van der Waals surface area contributed by atoms with E-state index in [4.69, 9.17) is 0 Å². The fraction of sp³-hybridized carbons (Fsp3) is 0.231. The molecule has 0 amide bonds. The van der Waals surface area contributed by atoms with Gasteiger partial charge in [0, 0.05) is 5.92 Å². The molecule has 0 aromatic heterocycles. The average Bonchev–Trinajstić information content (AvgIpc) is 2.56. The highest BCUT2D eigenvalue weighted by atomic mass is 14.3. The van der Waals surface area contributed by atoms with Gasteiger partial charge in [-0.15, -0.1) is 0 Å². The highest BCUT2D eigenvalue weighted by Crippen LogP contribution is 2.40. The molecule has 0 radical (unpaired) electrons. The van der Waals surface area contributed by atoms with E-state index in [-0.39, 0.29) is 0 Å². The quantitative estimate of drug-likeness (QED) is 0.522. The Balaban J connectivity index is 2.16. The molecule has 1 aromatic rings. The van der Waals surface area contributed by atoms with Crippen molar-refractivity contribution in [2.24, 2.45) is 0 Å². The monoisotopic (exact) mass is 168 g/mol. The fourth-order valence-corrected chi connectivity index (χ4v) is 2.39. The smallest absolute Gasteiger partial charge is 0.0234 e. The lowest BCUT2D eigenvalue weighted by molar-refractivity contribution is 0.978. The summed E-state index contributed by atoms with van der Waals surface area (Å²) in [6.45, 7) is 0. The normalized spacial score (nSPS) is 23.7. The maximum Gasteiger partial charge on any atom is 0.0234 e. The van der Waals surface area contributed by atoms with Crippen molar-refractivity contribution in [2.75, 3.05) is 0 Å². The molecule has 0 fully saturated rings. The molecule has 2 aliphatic rings. The second kappa shape index (κ2) is 2.59. The van der Waals surface area contributed by atoms with Crippen molar-refractivity contribution in [1.29, 1.82) is 0 Å². The van der Waals surface area contributed by atoms with Gasteiger partial charge in [-0.25, -0.2) is 0 Å². The van der Waals surface area contributed by atoms with E-state index in [0.717, 1.165) is 6.42 Å². The number of fused-ring (bicyclic) bond motifs is 3. The van der Waals surface area contributed by atoms with Gasteiger partial charge in [-0.1, -0.05) is 48.1 Å². The zero-order valence-electron chi connectivity index (χ0n) is 7.53. The Morgan fingerprint density at radius 3 is 3.08 bits per heavy atom. The lowest BCUT2D eigenvalue weighted by Gasteiger charge is -2.11. The summed E-state index contributed by atoms with van der Waals surface area (Å²) in [4.78, 5) is 0. The van der Waals surface area contributed by atoms with Crippen LogP contribution in [-0.4, -0.2) is 0 Å². The fourth-order valence-electron chi connectivity index (χ4n) is 2.39. The van der Waals surface area contributed by atoms with Crippen LogP contribution in [0.1, 0.15) is 23.5 Å². The first-order valence-corrected chi connectivity index (χ1v) is 4.88. The number of rotatable bonds is 0. The van der Waals surface area contributed by atoms with E-state index in [1.165, 1.54) is 17.5 Å². The zero-order chi connectivity index (χ0) is 8.67. The van der Waals surface area contributed by atoms with Crippen LogP contribution in [-0.2, 0) is 6.42 Å². The molecule has 0 aliphatic heterocycles. The van der Waals surface area contributed by atoms with E-state index in [1.807, 2.05) is 0 Å². The van der Waals surface area contributed by atoms with Crippen LogP contribution in [0.4, 0.5) is 0 Å². The van der Waals surface area contributed by atoms with Gasteiger partial charge in [0.1, 0.15) is 0 Å². The van der Waals surface area contributed by atoms with Crippen molar-refractivity contribution in [3.8, 4) is 0 Å². The van der Waals surface area contributed by atoms with Gasteiger partial charge in [0.05, 0.1) is 0 Å². The van der Waals surface area contributed by atoms with Crippen LogP contribution in [0.5, 0.6) is 0 Å². The van der Waals surface area contributed by atoms with E-state index in [9.17, 15) is 0 Å². The third kappa shape index (κ3) is 0.983. The van der Waals surface area contributed by atoms with Crippen molar-refractivity contribution in [2.45, 2.75) is 18.8 Å². The Morgan fingerprint density at radius 2 is 2.08 bits per heavy atom. The Morgan fingerprint density at radius 1 is 1.15 bits per heavy atom. The molecule has 0 bridgehead atoms. The molecule has 0 saturated heterocycles. The maximum absolute atomic E-state index is 2.38. The van der Waals surface area contributed by atoms with E-state index < -0.39 is 0 Å². The molecule has 0 saturated carbocycles. The number of hydrogen-bond donors (Lipinski definition) is 0. The van der Waals surface area contributed by atoms with Crippen LogP contribution in [0.3, 0.4) is 0 Å². The molecular weight excluding hydrogens is 156 g/mol. The summed E-state index contributed by atoms with van der Waals surface area (Å²) in [5, 5.41) is 0. The van der Waals surface area contributed by atoms with Crippen LogP contribution in [0.15, 0.2) is 48.1 Å². The molecule has 0 heterocycles. The lowest BCUT2D eigenvalue weighted by atomic mass is 9.93. The van der Waals surface area contributed by atoms with Crippen LogP contribution in [0, 0.1) is 0 Å². The second-order valence-corrected chi connectivity index (χ2v) is 3.80. The minimum atomic E-state index is 0.602. The predicted molar refractivity (Wildman–Crippen MR) is 54.7 cm³/mol. The highest BCUT2D eigenvalue weighted by Gasteiger charge is 2.25. The molecule has 0 nitrogen and oxygen atoms in total. The zero-order valence-corrected chi connectivity index (χ0v) is 7.53. The van der Waals surface area contributed by atoms with Gasteiger partial charge in [-0.05, 0) is 24.0 Å². The van der Waals surface area contributed by atoms with E-state index in [2.05, 4.69) is 42.5 Å². The van der Waals surface area contributed by atoms with Crippen molar-refractivity contribution in [3.05, 3.63) is 59.2 Å². The minimum absolute atomic E-state index is 0.602. The van der Waals surface area contributed by atoms with Gasteiger partial charge in [0.15, 0.2) is 0 Å². The van der Waals surface area contributed by atoms with Gasteiger partial charge in [0.25, 0.3) is 0 Å². The average molecular weight is 168 g/mol.